The summed E-state index contributed by atoms with van der Waals surface area (Å²) in [5, 5.41) is 9.57. The van der Waals surface area contributed by atoms with E-state index in [1.807, 2.05) is 13.8 Å². The Labute approximate surface area is 197 Å². The summed E-state index contributed by atoms with van der Waals surface area (Å²) >= 11 is 0. The number of nitrogens with zero attached hydrogens (tertiary/aromatic N) is 2. The Morgan fingerprint density at radius 1 is 1.21 bits per heavy atom. The van der Waals surface area contributed by atoms with Crippen molar-refractivity contribution in [2.45, 2.75) is 58.0 Å². The van der Waals surface area contributed by atoms with Crippen molar-refractivity contribution < 1.29 is 28.0 Å². The van der Waals surface area contributed by atoms with Gasteiger partial charge < -0.3 is 24.8 Å². The summed E-state index contributed by atoms with van der Waals surface area (Å²) < 4.78 is 24.6. The highest BCUT2D eigenvalue weighted by Gasteiger charge is 2.38. The van der Waals surface area contributed by atoms with Crippen molar-refractivity contribution in [1.29, 1.82) is 0 Å². The molecule has 3 heterocycles. The number of benzene rings is 1. The first-order valence-corrected chi connectivity index (χ1v) is 11.5. The molecule has 2 atom stereocenters. The van der Waals surface area contributed by atoms with Gasteiger partial charge in [0.25, 0.3) is 5.91 Å². The van der Waals surface area contributed by atoms with Crippen LogP contribution in [0.15, 0.2) is 22.7 Å². The Hall–Kier alpha value is -3.43. The summed E-state index contributed by atoms with van der Waals surface area (Å²) in [6.45, 7) is 4.21. The lowest BCUT2D eigenvalue weighted by atomic mass is 10.1. The van der Waals surface area contributed by atoms with Gasteiger partial charge in [0.1, 0.15) is 23.9 Å². The highest BCUT2D eigenvalue weighted by atomic mass is 19.1. The van der Waals surface area contributed by atoms with Crippen LogP contribution in [0.2, 0.25) is 0 Å². The Morgan fingerprint density at radius 3 is 2.76 bits per heavy atom. The van der Waals surface area contributed by atoms with Crippen LogP contribution in [0.3, 0.4) is 0 Å². The number of ether oxygens (including phenoxy) is 1. The molecule has 1 fully saturated rings. The largest absolute Gasteiger partial charge is 0.491 e. The van der Waals surface area contributed by atoms with E-state index in [2.05, 4.69) is 15.8 Å². The first-order chi connectivity index (χ1) is 16.3. The third kappa shape index (κ3) is 5.21. The summed E-state index contributed by atoms with van der Waals surface area (Å²) in [5.74, 6) is -0.350. The Balaban J connectivity index is 1.53. The van der Waals surface area contributed by atoms with Crippen LogP contribution in [0, 0.1) is 19.7 Å². The Morgan fingerprint density at radius 2 is 2.00 bits per heavy atom. The minimum Gasteiger partial charge on any atom is -0.491 e. The van der Waals surface area contributed by atoms with Crippen molar-refractivity contribution in [2.24, 2.45) is 0 Å². The number of carbonyl (C=O) groups excluding carboxylic acids is 3. The van der Waals surface area contributed by atoms with Gasteiger partial charge in [0.05, 0.1) is 17.8 Å². The summed E-state index contributed by atoms with van der Waals surface area (Å²) in [6, 6.07) is 3.22. The quantitative estimate of drug-likeness (QED) is 0.707. The molecule has 2 aliphatic heterocycles. The van der Waals surface area contributed by atoms with E-state index in [-0.39, 0.29) is 67.7 Å². The molecule has 34 heavy (non-hydrogen) atoms. The van der Waals surface area contributed by atoms with Gasteiger partial charge in [-0.2, -0.15) is 0 Å². The van der Waals surface area contributed by atoms with Crippen LogP contribution < -0.4 is 15.4 Å². The Bertz CT molecular complexity index is 1070. The maximum absolute atomic E-state index is 13.8. The normalized spacial score (nSPS) is 21.2. The minimum absolute atomic E-state index is 0.0780. The zero-order chi connectivity index (χ0) is 24.2. The topological polar surface area (TPSA) is 114 Å². The SMILES string of the molecule is Cc1noc(C)c1CCC(=O)N1[C@@H]2CC[C@H]1CC(=O)NCCOc1ccc(F)cc1C(=O)NC2. The zero-order valence-corrected chi connectivity index (χ0v) is 19.4. The third-order valence-corrected chi connectivity index (χ3v) is 6.47. The zero-order valence-electron chi connectivity index (χ0n) is 19.4. The van der Waals surface area contributed by atoms with Crippen molar-refractivity contribution in [1.82, 2.24) is 20.7 Å². The van der Waals surface area contributed by atoms with Crippen LogP contribution in [-0.2, 0) is 16.0 Å². The molecule has 1 aromatic carbocycles. The number of aromatic nitrogens is 1. The van der Waals surface area contributed by atoms with E-state index in [4.69, 9.17) is 9.26 Å². The average molecular weight is 473 g/mol. The molecule has 0 spiro atoms. The lowest BCUT2D eigenvalue weighted by Crippen LogP contribution is -2.48. The molecule has 2 bridgehead atoms. The maximum atomic E-state index is 13.8. The minimum atomic E-state index is -0.552. The summed E-state index contributed by atoms with van der Waals surface area (Å²) in [5.41, 5.74) is 1.75. The second kappa shape index (κ2) is 10.2. The van der Waals surface area contributed by atoms with Gasteiger partial charge in [0.2, 0.25) is 11.8 Å². The monoisotopic (exact) mass is 472 g/mol. The molecular weight excluding hydrogens is 443 g/mol. The number of carbonyl (C=O) groups is 3. The van der Waals surface area contributed by atoms with Gasteiger partial charge in [-0.15, -0.1) is 0 Å². The van der Waals surface area contributed by atoms with Crippen LogP contribution in [0.1, 0.15) is 53.1 Å². The smallest absolute Gasteiger partial charge is 0.255 e. The molecule has 0 aliphatic carbocycles. The predicted octanol–water partition coefficient (Wildman–Crippen LogP) is 2.05. The molecule has 182 valence electrons. The van der Waals surface area contributed by atoms with Gasteiger partial charge in [-0.3, -0.25) is 14.4 Å². The van der Waals surface area contributed by atoms with E-state index in [0.29, 0.717) is 25.0 Å². The van der Waals surface area contributed by atoms with Crippen LogP contribution in [0.5, 0.6) is 5.75 Å². The molecule has 0 saturated carbocycles. The molecule has 0 radical (unpaired) electrons. The number of fused-ring (bicyclic) bond motifs is 3. The number of aryl methyl sites for hydroxylation is 2. The molecule has 1 saturated heterocycles. The number of nitrogens with one attached hydrogen (secondary N) is 2. The van der Waals surface area contributed by atoms with Crippen molar-refractivity contribution in [3.63, 3.8) is 0 Å². The number of rotatable bonds is 3. The van der Waals surface area contributed by atoms with Crippen molar-refractivity contribution in [2.75, 3.05) is 19.7 Å². The van der Waals surface area contributed by atoms with Crippen molar-refractivity contribution >= 4 is 17.7 Å². The van der Waals surface area contributed by atoms with Gasteiger partial charge in [0, 0.05) is 37.0 Å². The van der Waals surface area contributed by atoms with Crippen LogP contribution in [-0.4, -0.2) is 59.6 Å². The highest BCUT2D eigenvalue weighted by Crippen LogP contribution is 2.28. The fraction of sp³-hybridized carbons (Fsp3) is 0.500. The Kier molecular flexibility index (Phi) is 7.14. The van der Waals surface area contributed by atoms with Crippen LogP contribution in [0.4, 0.5) is 4.39 Å². The molecule has 10 heteroatoms. The standard InChI is InChI=1S/C24H29FN4O5/c1-14-19(15(2)34-28-14)6-8-23(31)29-17-4-5-18(29)13-27-24(32)20-11-16(25)3-7-21(20)33-10-9-26-22(30)12-17/h3,7,11,17-18H,4-6,8-10,12-13H2,1-2H3,(H,26,30)(H,27,32)/t17-,18+/m0/s1. The fourth-order valence-corrected chi connectivity index (χ4v) is 4.74. The van der Waals surface area contributed by atoms with Crippen LogP contribution in [0.25, 0.3) is 0 Å². The first-order valence-electron chi connectivity index (χ1n) is 11.5. The van der Waals surface area contributed by atoms with Gasteiger partial charge >= 0.3 is 0 Å². The summed E-state index contributed by atoms with van der Waals surface area (Å²) in [4.78, 5) is 40.4. The van der Waals surface area contributed by atoms with Gasteiger partial charge in [-0.05, 0) is 51.3 Å². The summed E-state index contributed by atoms with van der Waals surface area (Å²) in [6.07, 6.45) is 2.23. The van der Waals surface area contributed by atoms with Gasteiger partial charge in [-0.1, -0.05) is 5.16 Å². The molecule has 3 amide bonds. The number of hydrogen-bond acceptors (Lipinski definition) is 6. The van der Waals surface area contributed by atoms with Gasteiger partial charge in [0.15, 0.2) is 0 Å². The number of halogens is 1. The first kappa shape index (κ1) is 23.7. The van der Waals surface area contributed by atoms with E-state index in [9.17, 15) is 18.8 Å². The molecule has 1 aromatic heterocycles. The molecule has 4 rings (SSSR count). The van der Waals surface area contributed by atoms with Crippen molar-refractivity contribution in [3.05, 3.63) is 46.6 Å². The van der Waals surface area contributed by atoms with E-state index in [0.717, 1.165) is 17.3 Å². The fourth-order valence-electron chi connectivity index (χ4n) is 4.74. The average Bonchev–Trinajstić information content (AvgIpc) is 3.35. The van der Waals surface area contributed by atoms with E-state index < -0.39 is 11.7 Å². The maximum Gasteiger partial charge on any atom is 0.255 e. The van der Waals surface area contributed by atoms with Crippen LogP contribution >= 0.6 is 0 Å². The molecule has 2 N–H and O–H groups in total. The second-order valence-electron chi connectivity index (χ2n) is 8.74. The lowest BCUT2D eigenvalue weighted by Gasteiger charge is -2.31. The molecule has 0 unspecified atom stereocenters. The highest BCUT2D eigenvalue weighted by molar-refractivity contribution is 5.97. The number of hydrogen-bond donors (Lipinski definition) is 2. The molecule has 2 aromatic rings. The molecule has 2 aliphatic rings. The second-order valence-corrected chi connectivity index (χ2v) is 8.74. The third-order valence-electron chi connectivity index (χ3n) is 6.47. The number of amides is 3. The van der Waals surface area contributed by atoms with Gasteiger partial charge in [-0.25, -0.2) is 4.39 Å². The molecule has 9 nitrogen and oxygen atoms in total. The van der Waals surface area contributed by atoms with E-state index in [1.165, 1.54) is 12.1 Å². The molecular formula is C24H29FN4O5. The van der Waals surface area contributed by atoms with E-state index >= 15 is 0 Å². The predicted molar refractivity (Wildman–Crippen MR) is 120 cm³/mol. The summed E-state index contributed by atoms with van der Waals surface area (Å²) in [7, 11) is 0. The van der Waals surface area contributed by atoms with Crippen molar-refractivity contribution in [3.8, 4) is 5.75 Å². The van der Waals surface area contributed by atoms with E-state index in [1.54, 1.807) is 4.90 Å². The lowest BCUT2D eigenvalue weighted by molar-refractivity contribution is -0.135.